The predicted molar refractivity (Wildman–Crippen MR) is 78.3 cm³/mol. The van der Waals surface area contributed by atoms with Crippen molar-refractivity contribution in [2.45, 2.75) is 56.7 Å². The van der Waals surface area contributed by atoms with Crippen molar-refractivity contribution < 1.29 is 5.11 Å². The molecule has 0 spiro atoms. The number of rotatable bonds is 3. The number of aliphatic hydroxyl groups excluding tert-OH is 1. The van der Waals surface area contributed by atoms with Gasteiger partial charge in [0.05, 0.1) is 0 Å². The number of anilines is 1. The van der Waals surface area contributed by atoms with Gasteiger partial charge in [0.15, 0.2) is 0 Å². The maximum Gasteiger partial charge on any atom is 0.0471 e. The minimum absolute atomic E-state index is 0.225. The molecule has 2 saturated heterocycles. The number of nitrogens with two attached hydrogens (primary N) is 1. The third kappa shape index (κ3) is 2.63. The van der Waals surface area contributed by atoms with Crippen LogP contribution < -0.4 is 10.6 Å². The number of hydrogen-bond donors (Lipinski definition) is 2. The molecular weight excluding hydrogens is 236 g/mol. The molecule has 19 heavy (non-hydrogen) atoms. The molecule has 2 fully saturated rings. The van der Waals surface area contributed by atoms with Crippen LogP contribution in [0.1, 0.15) is 37.7 Å². The van der Waals surface area contributed by atoms with Gasteiger partial charge in [-0.15, -0.1) is 0 Å². The van der Waals surface area contributed by atoms with Crippen molar-refractivity contribution in [3.63, 3.8) is 0 Å². The van der Waals surface area contributed by atoms with Gasteiger partial charge in [0.1, 0.15) is 0 Å². The van der Waals surface area contributed by atoms with Gasteiger partial charge in [-0.3, -0.25) is 0 Å². The molecule has 2 atom stereocenters. The van der Waals surface area contributed by atoms with E-state index >= 15 is 0 Å². The lowest BCUT2D eigenvalue weighted by atomic mass is 9.81. The molecule has 104 valence electrons. The van der Waals surface area contributed by atoms with E-state index in [1.54, 1.807) is 0 Å². The van der Waals surface area contributed by atoms with Gasteiger partial charge in [-0.05, 0) is 56.2 Å². The zero-order valence-electron chi connectivity index (χ0n) is 11.5. The number of hydrogen-bond acceptors (Lipinski definition) is 3. The molecule has 3 heteroatoms. The average molecular weight is 260 g/mol. The first kappa shape index (κ1) is 12.9. The van der Waals surface area contributed by atoms with Crippen LogP contribution in [-0.4, -0.2) is 29.8 Å². The lowest BCUT2D eigenvalue weighted by Gasteiger charge is -2.49. The van der Waals surface area contributed by atoms with E-state index in [1.165, 1.54) is 30.5 Å². The van der Waals surface area contributed by atoms with Crippen molar-refractivity contribution in [3.05, 3.63) is 29.8 Å². The van der Waals surface area contributed by atoms with Crippen LogP contribution in [0.4, 0.5) is 5.69 Å². The lowest BCUT2D eigenvalue weighted by molar-refractivity contribution is 0.271. The van der Waals surface area contributed by atoms with Crippen LogP contribution in [0.3, 0.4) is 0 Å². The van der Waals surface area contributed by atoms with Gasteiger partial charge in [0.25, 0.3) is 0 Å². The van der Waals surface area contributed by atoms with Gasteiger partial charge >= 0.3 is 0 Å². The largest absolute Gasteiger partial charge is 0.396 e. The van der Waals surface area contributed by atoms with Crippen molar-refractivity contribution >= 4 is 5.69 Å². The first-order valence-electron chi connectivity index (χ1n) is 7.51. The molecule has 3 nitrogen and oxygen atoms in total. The van der Waals surface area contributed by atoms with Crippen molar-refractivity contribution in [3.8, 4) is 0 Å². The van der Waals surface area contributed by atoms with Gasteiger partial charge in [0, 0.05) is 30.4 Å². The van der Waals surface area contributed by atoms with Crippen LogP contribution in [0.5, 0.6) is 0 Å². The maximum atomic E-state index is 8.97. The molecule has 0 saturated carbocycles. The molecule has 0 radical (unpaired) electrons. The molecule has 3 N–H and O–H groups in total. The molecule has 2 unspecified atom stereocenters. The van der Waals surface area contributed by atoms with Crippen molar-refractivity contribution in [2.24, 2.45) is 5.73 Å². The van der Waals surface area contributed by atoms with Crippen LogP contribution in [0, 0.1) is 0 Å². The summed E-state index contributed by atoms with van der Waals surface area (Å²) in [5.74, 6) is 0. The summed E-state index contributed by atoms with van der Waals surface area (Å²) in [7, 11) is 0. The molecule has 0 aromatic heterocycles. The van der Waals surface area contributed by atoms with Crippen molar-refractivity contribution in [1.29, 1.82) is 0 Å². The van der Waals surface area contributed by atoms with E-state index in [0.717, 1.165) is 19.3 Å². The molecule has 0 aliphatic carbocycles. The summed E-state index contributed by atoms with van der Waals surface area (Å²) < 4.78 is 0. The van der Waals surface area contributed by atoms with Crippen LogP contribution >= 0.6 is 0 Å². The molecule has 1 aromatic rings. The van der Waals surface area contributed by atoms with Crippen LogP contribution in [-0.2, 0) is 6.42 Å². The molecule has 0 amide bonds. The number of aliphatic hydroxyl groups is 1. The van der Waals surface area contributed by atoms with Gasteiger partial charge < -0.3 is 15.7 Å². The highest BCUT2D eigenvalue weighted by Crippen LogP contribution is 2.37. The second kappa shape index (κ2) is 5.51. The zero-order chi connectivity index (χ0) is 13.2. The van der Waals surface area contributed by atoms with Crippen LogP contribution in [0.25, 0.3) is 0 Å². The third-order valence-corrected chi connectivity index (χ3v) is 4.65. The van der Waals surface area contributed by atoms with E-state index < -0.39 is 0 Å². The number of fused-ring (bicyclic) bond motifs is 2. The van der Waals surface area contributed by atoms with Crippen molar-refractivity contribution in [2.75, 3.05) is 11.5 Å². The summed E-state index contributed by atoms with van der Waals surface area (Å²) in [4.78, 5) is 2.61. The fourth-order valence-corrected chi connectivity index (χ4v) is 3.81. The average Bonchev–Trinajstić information content (AvgIpc) is 2.39. The van der Waals surface area contributed by atoms with Gasteiger partial charge in [-0.1, -0.05) is 12.1 Å². The quantitative estimate of drug-likeness (QED) is 0.874. The second-order valence-electron chi connectivity index (χ2n) is 6.02. The number of nitrogens with zero attached hydrogens (tertiary/aromatic N) is 1. The summed E-state index contributed by atoms with van der Waals surface area (Å²) in [5, 5.41) is 8.97. The van der Waals surface area contributed by atoms with Crippen LogP contribution in [0.2, 0.25) is 0 Å². The van der Waals surface area contributed by atoms with Crippen LogP contribution in [0.15, 0.2) is 24.3 Å². The Kier molecular flexibility index (Phi) is 3.76. The third-order valence-electron chi connectivity index (χ3n) is 4.65. The highest BCUT2D eigenvalue weighted by molar-refractivity contribution is 5.51. The topological polar surface area (TPSA) is 49.5 Å². The Labute approximate surface area is 115 Å². The Morgan fingerprint density at radius 1 is 1.11 bits per heavy atom. The fraction of sp³-hybridized carbons (Fsp3) is 0.625. The standard InChI is InChI=1S/C16H24N2O/c17-13-10-15-2-1-3-16(11-13)18(15)14-6-4-12(5-7-14)8-9-19/h4-7,13,15-16,19H,1-3,8-11,17H2. The smallest absolute Gasteiger partial charge is 0.0471 e. The molecule has 2 aliphatic heterocycles. The van der Waals surface area contributed by atoms with E-state index in [0.29, 0.717) is 18.1 Å². The Morgan fingerprint density at radius 2 is 1.74 bits per heavy atom. The Morgan fingerprint density at radius 3 is 2.32 bits per heavy atom. The predicted octanol–water partition coefficient (Wildman–Crippen LogP) is 2.07. The van der Waals surface area contributed by atoms with E-state index in [-0.39, 0.29) is 6.61 Å². The summed E-state index contributed by atoms with van der Waals surface area (Å²) in [5.41, 5.74) is 8.72. The normalized spacial score (nSPS) is 30.4. The summed E-state index contributed by atoms with van der Waals surface area (Å²) in [6.07, 6.45) is 6.92. The minimum Gasteiger partial charge on any atom is -0.396 e. The molecular formula is C16H24N2O. The Balaban J connectivity index is 1.80. The summed E-state index contributed by atoms with van der Waals surface area (Å²) >= 11 is 0. The molecule has 2 heterocycles. The van der Waals surface area contributed by atoms with Gasteiger partial charge in [0.2, 0.25) is 0 Å². The SMILES string of the molecule is NC1CC2CCCC(C1)N2c1ccc(CCO)cc1. The van der Waals surface area contributed by atoms with E-state index in [1.807, 2.05) is 0 Å². The first-order chi connectivity index (χ1) is 9.28. The lowest BCUT2D eigenvalue weighted by Crippen LogP contribution is -2.55. The monoisotopic (exact) mass is 260 g/mol. The Hall–Kier alpha value is -1.06. The maximum absolute atomic E-state index is 8.97. The zero-order valence-corrected chi connectivity index (χ0v) is 11.5. The van der Waals surface area contributed by atoms with Gasteiger partial charge in [-0.25, -0.2) is 0 Å². The second-order valence-corrected chi connectivity index (χ2v) is 6.02. The summed E-state index contributed by atoms with van der Waals surface area (Å²) in [6, 6.07) is 10.4. The molecule has 2 aliphatic rings. The van der Waals surface area contributed by atoms with E-state index in [2.05, 4.69) is 29.2 Å². The molecule has 1 aromatic carbocycles. The minimum atomic E-state index is 0.225. The van der Waals surface area contributed by atoms with E-state index in [9.17, 15) is 0 Å². The van der Waals surface area contributed by atoms with Crippen molar-refractivity contribution in [1.82, 2.24) is 0 Å². The fourth-order valence-electron chi connectivity index (χ4n) is 3.81. The molecule has 3 rings (SSSR count). The first-order valence-corrected chi connectivity index (χ1v) is 7.51. The number of piperidine rings is 2. The van der Waals surface area contributed by atoms with E-state index in [4.69, 9.17) is 10.8 Å². The number of benzene rings is 1. The highest BCUT2D eigenvalue weighted by atomic mass is 16.2. The summed E-state index contributed by atoms with van der Waals surface area (Å²) in [6.45, 7) is 0.225. The highest BCUT2D eigenvalue weighted by Gasteiger charge is 2.36. The molecule has 2 bridgehead atoms. The Bertz CT molecular complexity index is 403. The van der Waals surface area contributed by atoms with Gasteiger partial charge in [-0.2, -0.15) is 0 Å².